The smallest absolute Gasteiger partial charge is 0.410 e. The topological polar surface area (TPSA) is 78.0 Å². The maximum atomic E-state index is 14.3. The van der Waals surface area contributed by atoms with Gasteiger partial charge >= 0.3 is 12.1 Å². The van der Waals surface area contributed by atoms with Crippen LogP contribution in [0.2, 0.25) is 0 Å². The van der Waals surface area contributed by atoms with Gasteiger partial charge in [0, 0.05) is 25.4 Å². The number of amides is 1. The highest BCUT2D eigenvalue weighted by Gasteiger charge is 2.31. The van der Waals surface area contributed by atoms with E-state index in [1.54, 1.807) is 26.8 Å². The molecule has 0 N–H and O–H groups in total. The fourth-order valence-corrected chi connectivity index (χ4v) is 2.81. The van der Waals surface area contributed by atoms with E-state index in [-0.39, 0.29) is 23.2 Å². The van der Waals surface area contributed by atoms with E-state index in [9.17, 15) is 14.0 Å². The molecule has 2 heterocycles. The van der Waals surface area contributed by atoms with E-state index >= 15 is 0 Å². The summed E-state index contributed by atoms with van der Waals surface area (Å²) in [7, 11) is 0. The van der Waals surface area contributed by atoms with Gasteiger partial charge in [-0.05, 0) is 45.0 Å². The van der Waals surface area contributed by atoms with Crippen molar-refractivity contribution >= 4 is 12.1 Å². The van der Waals surface area contributed by atoms with Gasteiger partial charge < -0.3 is 19.1 Å². The van der Waals surface area contributed by atoms with Crippen molar-refractivity contribution in [2.24, 2.45) is 0 Å². The molecule has 29 heavy (non-hydrogen) atoms. The number of ether oxygens (including phenoxy) is 3. The summed E-state index contributed by atoms with van der Waals surface area (Å²) in [6, 6.07) is 7.27. The zero-order valence-electron chi connectivity index (χ0n) is 16.6. The van der Waals surface area contributed by atoms with Crippen molar-refractivity contribution in [1.29, 1.82) is 0 Å². The third-order valence-corrected chi connectivity index (χ3v) is 4.11. The molecule has 1 aromatic carbocycles. The summed E-state index contributed by atoms with van der Waals surface area (Å²) < 4.78 is 30.8. The van der Waals surface area contributed by atoms with E-state index in [4.69, 9.17) is 14.2 Å². The molecule has 0 bridgehead atoms. The number of likely N-dealkylation sites (tertiary alicyclic amines) is 1. The van der Waals surface area contributed by atoms with Crippen LogP contribution in [-0.4, -0.2) is 46.7 Å². The van der Waals surface area contributed by atoms with E-state index < -0.39 is 23.5 Å². The minimum atomic E-state index is -0.741. The Bertz CT molecular complexity index is 882. The zero-order valence-corrected chi connectivity index (χ0v) is 16.6. The second-order valence-corrected chi connectivity index (χ2v) is 7.65. The molecule has 0 aliphatic carbocycles. The average molecular weight is 402 g/mol. The maximum absolute atomic E-state index is 14.3. The van der Waals surface area contributed by atoms with Gasteiger partial charge in [-0.1, -0.05) is 6.07 Å². The second-order valence-electron chi connectivity index (χ2n) is 7.65. The Morgan fingerprint density at radius 1 is 1.21 bits per heavy atom. The fourth-order valence-electron chi connectivity index (χ4n) is 2.81. The fraction of sp³-hybridized carbons (Fsp3) is 0.381. The number of benzene rings is 1. The Labute approximate surface area is 168 Å². The SMILES string of the molecule is CC(C)(C)OC(=O)N1CC[C@H](Oc2cccc(F)c2OC(=O)c2cccnc2)C1. The van der Waals surface area contributed by atoms with Crippen LogP contribution in [0.25, 0.3) is 0 Å². The average Bonchev–Trinajstić information content (AvgIpc) is 3.12. The summed E-state index contributed by atoms with van der Waals surface area (Å²) in [5, 5.41) is 0. The van der Waals surface area contributed by atoms with Gasteiger partial charge in [0.25, 0.3) is 0 Å². The van der Waals surface area contributed by atoms with Gasteiger partial charge in [-0.25, -0.2) is 14.0 Å². The molecule has 1 amide bonds. The van der Waals surface area contributed by atoms with Crippen molar-refractivity contribution < 1.29 is 28.2 Å². The van der Waals surface area contributed by atoms with Crippen LogP contribution >= 0.6 is 0 Å². The lowest BCUT2D eigenvalue weighted by Gasteiger charge is -2.24. The molecule has 0 radical (unpaired) electrons. The third-order valence-electron chi connectivity index (χ3n) is 4.11. The molecule has 154 valence electrons. The Morgan fingerprint density at radius 2 is 2.00 bits per heavy atom. The molecule has 1 fully saturated rings. The number of carbonyl (C=O) groups excluding carboxylic acids is 2. The zero-order chi connectivity index (χ0) is 21.0. The van der Waals surface area contributed by atoms with Crippen LogP contribution in [0, 0.1) is 5.82 Å². The van der Waals surface area contributed by atoms with Gasteiger partial charge in [0.1, 0.15) is 11.7 Å². The molecule has 0 saturated carbocycles. The van der Waals surface area contributed by atoms with E-state index in [0.29, 0.717) is 19.5 Å². The van der Waals surface area contributed by atoms with Gasteiger partial charge in [0.2, 0.25) is 5.75 Å². The lowest BCUT2D eigenvalue weighted by molar-refractivity contribution is 0.0275. The van der Waals surface area contributed by atoms with Crippen LogP contribution in [0.4, 0.5) is 9.18 Å². The van der Waals surface area contributed by atoms with Crippen LogP contribution in [-0.2, 0) is 4.74 Å². The maximum Gasteiger partial charge on any atom is 0.410 e. The third kappa shape index (κ3) is 5.43. The summed E-state index contributed by atoms with van der Waals surface area (Å²) in [5.74, 6) is -1.66. The first-order valence-corrected chi connectivity index (χ1v) is 9.28. The molecule has 1 aliphatic heterocycles. The number of carbonyl (C=O) groups is 2. The van der Waals surface area contributed by atoms with Crippen molar-refractivity contribution in [1.82, 2.24) is 9.88 Å². The monoisotopic (exact) mass is 402 g/mol. The first-order valence-electron chi connectivity index (χ1n) is 9.28. The first-order chi connectivity index (χ1) is 13.7. The molecule has 1 aromatic heterocycles. The molecule has 0 spiro atoms. The predicted octanol–water partition coefficient (Wildman–Crippen LogP) is 3.83. The molecule has 0 unspecified atom stereocenters. The summed E-state index contributed by atoms with van der Waals surface area (Å²) >= 11 is 0. The first kappa shape index (κ1) is 20.6. The number of para-hydroxylation sites is 1. The largest absolute Gasteiger partial charge is 0.484 e. The number of hydrogen-bond donors (Lipinski definition) is 0. The summed E-state index contributed by atoms with van der Waals surface area (Å²) in [5.41, 5.74) is -0.398. The number of esters is 1. The molecule has 8 heteroatoms. The Kier molecular flexibility index (Phi) is 6.00. The van der Waals surface area contributed by atoms with Crippen LogP contribution in [0.1, 0.15) is 37.6 Å². The summed E-state index contributed by atoms with van der Waals surface area (Å²) in [6.07, 6.45) is 2.60. The highest BCUT2D eigenvalue weighted by atomic mass is 19.1. The van der Waals surface area contributed by atoms with Crippen LogP contribution in [0.3, 0.4) is 0 Å². The number of pyridine rings is 1. The van der Waals surface area contributed by atoms with Crippen molar-refractivity contribution in [3.8, 4) is 11.5 Å². The van der Waals surface area contributed by atoms with E-state index in [0.717, 1.165) is 0 Å². The molecule has 1 saturated heterocycles. The van der Waals surface area contributed by atoms with Crippen LogP contribution in [0.5, 0.6) is 11.5 Å². The molecular formula is C21H23FN2O5. The van der Waals surface area contributed by atoms with Gasteiger partial charge in [0.05, 0.1) is 12.1 Å². The highest BCUT2D eigenvalue weighted by Crippen LogP contribution is 2.33. The Hall–Kier alpha value is -3.16. The quantitative estimate of drug-likeness (QED) is 0.571. The van der Waals surface area contributed by atoms with Crippen molar-refractivity contribution in [2.75, 3.05) is 13.1 Å². The summed E-state index contributed by atoms with van der Waals surface area (Å²) in [4.78, 5) is 29.9. The van der Waals surface area contributed by atoms with Crippen LogP contribution < -0.4 is 9.47 Å². The normalized spacial score (nSPS) is 16.4. The lowest BCUT2D eigenvalue weighted by atomic mass is 10.2. The Morgan fingerprint density at radius 3 is 2.69 bits per heavy atom. The number of aromatic nitrogens is 1. The molecule has 1 aliphatic rings. The van der Waals surface area contributed by atoms with Crippen molar-refractivity contribution in [2.45, 2.75) is 38.9 Å². The van der Waals surface area contributed by atoms with Gasteiger partial charge in [-0.3, -0.25) is 4.98 Å². The molecule has 1 atom stereocenters. The minimum absolute atomic E-state index is 0.0956. The van der Waals surface area contributed by atoms with Gasteiger partial charge in [-0.15, -0.1) is 0 Å². The van der Waals surface area contributed by atoms with Gasteiger partial charge in [0.15, 0.2) is 11.6 Å². The minimum Gasteiger partial charge on any atom is -0.484 e. The molecular weight excluding hydrogens is 379 g/mol. The Balaban J connectivity index is 1.68. The molecule has 3 rings (SSSR count). The number of hydrogen-bond acceptors (Lipinski definition) is 6. The number of halogens is 1. The van der Waals surface area contributed by atoms with E-state index in [1.807, 2.05) is 0 Å². The van der Waals surface area contributed by atoms with Crippen LogP contribution in [0.15, 0.2) is 42.7 Å². The van der Waals surface area contributed by atoms with E-state index in [1.165, 1.54) is 41.6 Å². The summed E-state index contributed by atoms with van der Waals surface area (Å²) in [6.45, 7) is 6.14. The van der Waals surface area contributed by atoms with Crippen molar-refractivity contribution in [3.63, 3.8) is 0 Å². The predicted molar refractivity (Wildman–Crippen MR) is 102 cm³/mol. The second kappa shape index (κ2) is 8.46. The standard InChI is InChI=1S/C21H23FN2O5/c1-21(2,3)29-20(26)24-11-9-15(13-24)27-17-8-4-7-16(22)18(17)28-19(25)14-6-5-10-23-12-14/h4-8,10,12,15H,9,11,13H2,1-3H3/t15-/m0/s1. The number of nitrogens with zero attached hydrogens (tertiary/aromatic N) is 2. The molecule has 2 aromatic rings. The van der Waals surface area contributed by atoms with Crippen molar-refractivity contribution in [3.05, 3.63) is 54.1 Å². The highest BCUT2D eigenvalue weighted by molar-refractivity contribution is 5.91. The van der Waals surface area contributed by atoms with Gasteiger partial charge in [-0.2, -0.15) is 0 Å². The number of rotatable bonds is 4. The molecule has 7 nitrogen and oxygen atoms in total. The van der Waals surface area contributed by atoms with E-state index in [2.05, 4.69) is 4.98 Å². The lowest BCUT2D eigenvalue weighted by Crippen LogP contribution is -2.36.